The molecule has 166 valence electrons. The van der Waals surface area contributed by atoms with E-state index < -0.39 is 0 Å². The molecule has 0 saturated carbocycles. The summed E-state index contributed by atoms with van der Waals surface area (Å²) in [5, 5.41) is 2.86. The van der Waals surface area contributed by atoms with Gasteiger partial charge in [-0.3, -0.25) is 0 Å². The quantitative estimate of drug-likeness (QED) is 0.504. The smallest absolute Gasteiger partial charge is 0.368 e. The summed E-state index contributed by atoms with van der Waals surface area (Å²) in [6, 6.07) is 7.64. The third-order valence-electron chi connectivity index (χ3n) is 6.37. The second kappa shape index (κ2) is 8.51. The third kappa shape index (κ3) is 3.78. The number of aromatic nitrogens is 2. The molecule has 3 heterocycles. The van der Waals surface area contributed by atoms with Crippen molar-refractivity contribution in [2.75, 3.05) is 61.6 Å². The van der Waals surface area contributed by atoms with E-state index in [0.717, 1.165) is 56.2 Å². The van der Waals surface area contributed by atoms with E-state index in [0.29, 0.717) is 18.1 Å². The predicted octanol–water partition coefficient (Wildman–Crippen LogP) is 3.34. The van der Waals surface area contributed by atoms with Gasteiger partial charge in [-0.2, -0.15) is 4.48 Å². The van der Waals surface area contributed by atoms with E-state index in [1.54, 1.807) is 20.4 Å². The molecule has 1 aromatic carbocycles. The van der Waals surface area contributed by atoms with Gasteiger partial charge in [-0.1, -0.05) is 24.9 Å². The van der Waals surface area contributed by atoms with Crippen LogP contribution in [0.25, 0.3) is 0 Å². The van der Waals surface area contributed by atoms with Gasteiger partial charge in [0.25, 0.3) is 0 Å². The molecule has 1 fully saturated rings. The second-order valence-corrected chi connectivity index (χ2v) is 8.88. The van der Waals surface area contributed by atoms with E-state index in [1.165, 1.54) is 4.90 Å². The summed E-state index contributed by atoms with van der Waals surface area (Å²) in [6.07, 6.45) is 4.55. The Balaban J connectivity index is 1.55. The lowest BCUT2D eigenvalue weighted by atomic mass is 10.2. The van der Waals surface area contributed by atoms with Gasteiger partial charge >= 0.3 is 11.9 Å². The highest BCUT2D eigenvalue weighted by molar-refractivity contribution is 6.30. The highest BCUT2D eigenvalue weighted by atomic mass is 35.5. The molecule has 0 N–H and O–H groups in total. The molecule has 1 aromatic heterocycles. The van der Waals surface area contributed by atoms with E-state index in [-0.39, 0.29) is 16.4 Å². The third-order valence-corrected chi connectivity index (χ3v) is 6.62. The average molecular weight is 446 g/mol. The lowest BCUT2D eigenvalue weighted by Crippen LogP contribution is -2.63. The van der Waals surface area contributed by atoms with Crippen molar-refractivity contribution >= 4 is 35.0 Å². The average Bonchev–Trinajstić information content (AvgIpc) is 3.23. The Morgan fingerprint density at radius 2 is 1.74 bits per heavy atom. The fourth-order valence-corrected chi connectivity index (χ4v) is 4.55. The Hall–Kier alpha value is -2.58. The van der Waals surface area contributed by atoms with E-state index in [4.69, 9.17) is 11.6 Å². The van der Waals surface area contributed by atoms with Gasteiger partial charge in [0, 0.05) is 30.8 Å². The number of nitrogens with zero attached hydrogens (tertiary/aromatic N) is 6. The maximum absolute atomic E-state index is 13.5. The number of imide groups is 1. The van der Waals surface area contributed by atoms with Gasteiger partial charge in [-0.05, 0) is 37.1 Å². The summed E-state index contributed by atoms with van der Waals surface area (Å²) in [7, 11) is 3.44. The molecule has 3 amide bonds. The first kappa shape index (κ1) is 21.6. The summed E-state index contributed by atoms with van der Waals surface area (Å²) in [5.41, 5.74) is 1.64. The zero-order valence-corrected chi connectivity index (χ0v) is 19.2. The minimum absolute atomic E-state index is 0.174. The van der Waals surface area contributed by atoms with Crippen molar-refractivity contribution in [1.29, 1.82) is 0 Å². The summed E-state index contributed by atoms with van der Waals surface area (Å²) in [4.78, 5) is 34.8. The first-order valence-corrected chi connectivity index (χ1v) is 11.3. The first-order chi connectivity index (χ1) is 14.9. The Labute approximate surface area is 188 Å². The molecule has 2 aromatic rings. The number of halogens is 1. The SMILES string of the molecule is CCCCC[N@@+]1(C)C(=O)c2c(ncn2N2CCN(c3ccc(Cl)cc3)CC2)N(C)C1=O. The molecular formula is C22H30ClN6O2+. The largest absolute Gasteiger partial charge is 0.432 e. The maximum atomic E-state index is 13.5. The molecule has 2 aliphatic rings. The molecule has 2 aliphatic heterocycles. The summed E-state index contributed by atoms with van der Waals surface area (Å²) in [5.74, 6) is 0.271. The Bertz CT molecular complexity index is 967. The van der Waals surface area contributed by atoms with Gasteiger partial charge in [-0.25, -0.2) is 24.1 Å². The van der Waals surface area contributed by atoms with Crippen molar-refractivity contribution in [3.8, 4) is 0 Å². The van der Waals surface area contributed by atoms with Crippen LogP contribution in [0.1, 0.15) is 36.7 Å². The van der Waals surface area contributed by atoms with Gasteiger partial charge in [0.2, 0.25) is 5.69 Å². The zero-order chi connectivity index (χ0) is 22.2. The topological polar surface area (TPSA) is 61.7 Å². The number of carbonyl (C=O) groups is 2. The number of hydrogen-bond acceptors (Lipinski definition) is 5. The lowest BCUT2D eigenvalue weighted by molar-refractivity contribution is -0.745. The number of imidazole rings is 1. The molecule has 1 atom stereocenters. The van der Waals surface area contributed by atoms with Crippen LogP contribution < -0.4 is 14.8 Å². The fraction of sp³-hybridized carbons (Fsp3) is 0.500. The van der Waals surface area contributed by atoms with Crippen molar-refractivity contribution in [3.63, 3.8) is 0 Å². The molecule has 9 heteroatoms. The number of hydrogen-bond donors (Lipinski definition) is 0. The van der Waals surface area contributed by atoms with Crippen molar-refractivity contribution < 1.29 is 14.1 Å². The van der Waals surface area contributed by atoms with E-state index >= 15 is 0 Å². The van der Waals surface area contributed by atoms with E-state index in [1.807, 2.05) is 28.9 Å². The number of piperazine rings is 1. The predicted molar refractivity (Wildman–Crippen MR) is 123 cm³/mol. The van der Waals surface area contributed by atoms with Gasteiger partial charge in [0.15, 0.2) is 5.82 Å². The summed E-state index contributed by atoms with van der Waals surface area (Å²) >= 11 is 6.01. The van der Waals surface area contributed by atoms with Crippen LogP contribution in [0.2, 0.25) is 5.02 Å². The highest BCUT2D eigenvalue weighted by Gasteiger charge is 2.52. The van der Waals surface area contributed by atoms with Crippen LogP contribution in [0.3, 0.4) is 0 Å². The standard InChI is InChI=1S/C22H30ClN6O2/c1-4-5-6-15-29(3)21(30)19-20(25(2)22(29)31)24-16-28(19)27-13-11-26(12-14-27)18-9-7-17(23)8-10-18/h7-10,16H,4-6,11-15H2,1-3H3/q+1/t29-/m0/s1. The minimum atomic E-state index is -0.236. The molecule has 4 rings (SSSR count). The monoisotopic (exact) mass is 445 g/mol. The summed E-state index contributed by atoms with van der Waals surface area (Å²) < 4.78 is 1.62. The van der Waals surface area contributed by atoms with Crippen molar-refractivity contribution in [1.82, 2.24) is 9.66 Å². The molecule has 0 bridgehead atoms. The molecule has 31 heavy (non-hydrogen) atoms. The Morgan fingerprint density at radius 1 is 1.06 bits per heavy atom. The van der Waals surface area contributed by atoms with Crippen LogP contribution in [0.15, 0.2) is 30.6 Å². The molecule has 0 aliphatic carbocycles. The number of carbonyl (C=O) groups excluding carboxylic acids is 2. The van der Waals surface area contributed by atoms with E-state index in [9.17, 15) is 9.59 Å². The highest BCUT2D eigenvalue weighted by Crippen LogP contribution is 2.31. The number of quaternary nitrogens is 1. The number of anilines is 2. The second-order valence-electron chi connectivity index (χ2n) is 8.45. The van der Waals surface area contributed by atoms with Crippen molar-refractivity contribution in [2.24, 2.45) is 0 Å². The number of rotatable bonds is 6. The van der Waals surface area contributed by atoms with Gasteiger partial charge < -0.3 is 9.91 Å². The number of urea groups is 1. The molecular weight excluding hydrogens is 416 g/mol. The summed E-state index contributed by atoms with van der Waals surface area (Å²) in [6.45, 7) is 5.75. The number of fused-ring (bicyclic) bond motifs is 1. The van der Waals surface area contributed by atoms with Crippen LogP contribution in [0.5, 0.6) is 0 Å². The zero-order valence-electron chi connectivity index (χ0n) is 18.4. The molecule has 0 unspecified atom stereocenters. The Kier molecular flexibility index (Phi) is 5.94. The molecule has 0 spiro atoms. The van der Waals surface area contributed by atoms with Gasteiger partial charge in [0.1, 0.15) is 6.33 Å². The van der Waals surface area contributed by atoms with Gasteiger partial charge in [0.05, 0.1) is 26.7 Å². The van der Waals surface area contributed by atoms with Crippen LogP contribution in [0, 0.1) is 0 Å². The van der Waals surface area contributed by atoms with Crippen molar-refractivity contribution in [3.05, 3.63) is 41.3 Å². The number of amides is 3. The normalized spacial score (nSPS) is 21.6. The van der Waals surface area contributed by atoms with Gasteiger partial charge in [-0.15, -0.1) is 0 Å². The minimum Gasteiger partial charge on any atom is -0.368 e. The fourth-order valence-electron chi connectivity index (χ4n) is 4.42. The van der Waals surface area contributed by atoms with Crippen LogP contribution >= 0.6 is 11.6 Å². The van der Waals surface area contributed by atoms with E-state index in [2.05, 4.69) is 21.8 Å². The maximum Gasteiger partial charge on any atom is 0.432 e. The first-order valence-electron chi connectivity index (χ1n) is 10.9. The van der Waals surface area contributed by atoms with Crippen molar-refractivity contribution in [2.45, 2.75) is 26.2 Å². The Morgan fingerprint density at radius 3 is 2.39 bits per heavy atom. The van der Waals surface area contributed by atoms with Crippen LogP contribution in [0.4, 0.5) is 16.3 Å². The lowest BCUT2D eigenvalue weighted by Gasteiger charge is -2.40. The molecule has 0 radical (unpaired) electrons. The number of unbranched alkanes of at least 4 members (excludes halogenated alkanes) is 2. The number of benzene rings is 1. The van der Waals surface area contributed by atoms with Crippen LogP contribution in [-0.4, -0.2) is 72.9 Å². The van der Waals surface area contributed by atoms with Crippen LogP contribution in [-0.2, 0) is 0 Å². The molecule has 8 nitrogen and oxygen atoms in total. The molecule has 1 saturated heterocycles.